The Morgan fingerprint density at radius 2 is 2.19 bits per heavy atom. The summed E-state index contributed by atoms with van der Waals surface area (Å²) in [4.78, 5) is 0. The molecule has 1 aliphatic carbocycles. The lowest BCUT2D eigenvalue weighted by Gasteiger charge is -2.36. The summed E-state index contributed by atoms with van der Waals surface area (Å²) in [5.41, 5.74) is 0.412. The maximum absolute atomic E-state index is 10.0. The van der Waals surface area contributed by atoms with Crippen molar-refractivity contribution in [3.8, 4) is 5.75 Å². The van der Waals surface area contributed by atoms with Crippen LogP contribution >= 0.6 is 11.6 Å². The van der Waals surface area contributed by atoms with Crippen molar-refractivity contribution >= 4 is 11.6 Å². The predicted octanol–water partition coefficient (Wildman–Crippen LogP) is 3.64. The van der Waals surface area contributed by atoms with Gasteiger partial charge in [0.15, 0.2) is 0 Å². The van der Waals surface area contributed by atoms with E-state index in [0.717, 1.165) is 0 Å². The van der Waals surface area contributed by atoms with Crippen molar-refractivity contribution in [3.05, 3.63) is 29.3 Å². The van der Waals surface area contributed by atoms with Gasteiger partial charge in [-0.3, -0.25) is 0 Å². The van der Waals surface area contributed by atoms with Crippen LogP contribution in [0.5, 0.6) is 5.75 Å². The fourth-order valence-corrected chi connectivity index (χ4v) is 3.17. The molecule has 0 bridgehead atoms. The number of aliphatic hydroxyl groups is 1. The summed E-state index contributed by atoms with van der Waals surface area (Å²) in [5, 5.41) is 14.1. The molecule has 2 unspecified atom stereocenters. The summed E-state index contributed by atoms with van der Waals surface area (Å²) >= 11 is 6.02. The number of hydrogen-bond acceptors (Lipinski definition) is 3. The molecule has 1 fully saturated rings. The average Bonchev–Trinajstić information content (AvgIpc) is 2.43. The average molecular weight is 312 g/mol. The lowest BCUT2D eigenvalue weighted by molar-refractivity contribution is 0.0965. The second kappa shape index (κ2) is 7.48. The zero-order valence-electron chi connectivity index (χ0n) is 12.9. The van der Waals surface area contributed by atoms with Crippen LogP contribution in [0.2, 0.25) is 5.02 Å². The molecule has 0 radical (unpaired) electrons. The maximum Gasteiger partial charge on any atom is 0.138 e. The SMILES string of the molecule is CC1(C)CCCC(NCC(O)COc2ccccc2Cl)C1. The first-order valence-corrected chi connectivity index (χ1v) is 8.13. The third-order valence-corrected chi connectivity index (χ3v) is 4.43. The lowest BCUT2D eigenvalue weighted by Crippen LogP contribution is -2.42. The molecule has 0 aliphatic heterocycles. The van der Waals surface area contributed by atoms with Gasteiger partial charge in [-0.1, -0.05) is 44.0 Å². The number of hydrogen-bond donors (Lipinski definition) is 2. The van der Waals surface area contributed by atoms with E-state index in [4.69, 9.17) is 16.3 Å². The van der Waals surface area contributed by atoms with Gasteiger partial charge >= 0.3 is 0 Å². The molecule has 0 heterocycles. The highest BCUT2D eigenvalue weighted by Gasteiger charge is 2.27. The van der Waals surface area contributed by atoms with Gasteiger partial charge in [-0.15, -0.1) is 0 Å². The molecule has 0 amide bonds. The van der Waals surface area contributed by atoms with E-state index in [9.17, 15) is 5.11 Å². The molecule has 4 heteroatoms. The topological polar surface area (TPSA) is 41.5 Å². The minimum Gasteiger partial charge on any atom is -0.489 e. The fourth-order valence-electron chi connectivity index (χ4n) is 2.98. The second-order valence-corrected chi connectivity index (χ2v) is 7.17. The van der Waals surface area contributed by atoms with Crippen molar-refractivity contribution in [1.82, 2.24) is 5.32 Å². The normalized spacial score (nSPS) is 22.8. The molecular weight excluding hydrogens is 286 g/mol. The Morgan fingerprint density at radius 3 is 2.90 bits per heavy atom. The van der Waals surface area contributed by atoms with Crippen molar-refractivity contribution in [2.45, 2.75) is 51.7 Å². The molecule has 3 nitrogen and oxygen atoms in total. The Hall–Kier alpha value is -0.770. The predicted molar refractivity (Wildman–Crippen MR) is 87.0 cm³/mol. The number of nitrogens with one attached hydrogen (secondary N) is 1. The number of ether oxygens (including phenoxy) is 1. The molecule has 21 heavy (non-hydrogen) atoms. The summed E-state index contributed by atoms with van der Waals surface area (Å²) in [6.07, 6.45) is 4.40. The van der Waals surface area contributed by atoms with Crippen molar-refractivity contribution in [1.29, 1.82) is 0 Å². The first kappa shape index (κ1) is 16.6. The van der Waals surface area contributed by atoms with Crippen LogP contribution in [0, 0.1) is 5.41 Å². The molecule has 1 saturated carbocycles. The highest BCUT2D eigenvalue weighted by molar-refractivity contribution is 6.32. The number of aliphatic hydroxyl groups excluding tert-OH is 1. The molecule has 0 saturated heterocycles. The second-order valence-electron chi connectivity index (χ2n) is 6.76. The van der Waals surface area contributed by atoms with Crippen LogP contribution in [0.25, 0.3) is 0 Å². The van der Waals surface area contributed by atoms with E-state index in [1.165, 1.54) is 25.7 Å². The van der Waals surface area contributed by atoms with E-state index in [0.29, 0.717) is 28.8 Å². The lowest BCUT2D eigenvalue weighted by atomic mass is 9.75. The minimum absolute atomic E-state index is 0.257. The molecule has 1 aromatic rings. The van der Waals surface area contributed by atoms with Crippen LogP contribution in [0.3, 0.4) is 0 Å². The number of rotatable bonds is 6. The molecule has 2 atom stereocenters. The van der Waals surface area contributed by atoms with E-state index in [1.807, 2.05) is 18.2 Å². The van der Waals surface area contributed by atoms with E-state index in [2.05, 4.69) is 19.2 Å². The molecule has 2 N–H and O–H groups in total. The third kappa shape index (κ3) is 5.50. The summed E-state index contributed by atoms with van der Waals surface area (Å²) in [5.74, 6) is 0.622. The Morgan fingerprint density at radius 1 is 1.43 bits per heavy atom. The zero-order chi connectivity index (χ0) is 15.3. The quantitative estimate of drug-likeness (QED) is 0.843. The van der Waals surface area contributed by atoms with Crippen LogP contribution in [0.1, 0.15) is 39.5 Å². The van der Waals surface area contributed by atoms with Crippen molar-refractivity contribution < 1.29 is 9.84 Å². The zero-order valence-corrected chi connectivity index (χ0v) is 13.7. The van der Waals surface area contributed by atoms with Crippen LogP contribution < -0.4 is 10.1 Å². The van der Waals surface area contributed by atoms with Gasteiger partial charge in [0.1, 0.15) is 18.5 Å². The minimum atomic E-state index is -0.522. The van der Waals surface area contributed by atoms with Gasteiger partial charge in [0.05, 0.1) is 5.02 Å². The van der Waals surface area contributed by atoms with Crippen LogP contribution in [0.15, 0.2) is 24.3 Å². The van der Waals surface area contributed by atoms with Gasteiger partial charge in [-0.05, 0) is 36.8 Å². The van der Waals surface area contributed by atoms with Crippen LogP contribution in [-0.4, -0.2) is 30.4 Å². The van der Waals surface area contributed by atoms with E-state index in [1.54, 1.807) is 6.07 Å². The Bertz CT molecular complexity index is 450. The molecule has 0 aromatic heterocycles. The van der Waals surface area contributed by atoms with E-state index in [-0.39, 0.29) is 6.61 Å². The van der Waals surface area contributed by atoms with Gasteiger partial charge < -0.3 is 15.2 Å². The highest BCUT2D eigenvalue weighted by atomic mass is 35.5. The fraction of sp³-hybridized carbons (Fsp3) is 0.647. The monoisotopic (exact) mass is 311 g/mol. The van der Waals surface area contributed by atoms with Gasteiger partial charge in [0.25, 0.3) is 0 Å². The largest absolute Gasteiger partial charge is 0.489 e. The molecule has 1 aromatic carbocycles. The van der Waals surface area contributed by atoms with Crippen molar-refractivity contribution in [2.75, 3.05) is 13.2 Å². The standard InChI is InChI=1S/C17H26ClNO2/c1-17(2)9-5-6-13(10-17)19-11-14(20)12-21-16-8-4-3-7-15(16)18/h3-4,7-8,13-14,19-20H,5-6,9-12H2,1-2H3. The van der Waals surface area contributed by atoms with Crippen LogP contribution in [0.4, 0.5) is 0 Å². The third-order valence-electron chi connectivity index (χ3n) is 4.12. The molecule has 1 aliphatic rings. The molecule has 2 rings (SSSR count). The summed E-state index contributed by atoms with van der Waals surface area (Å²) in [6, 6.07) is 7.83. The highest BCUT2D eigenvalue weighted by Crippen LogP contribution is 2.35. The Balaban J connectivity index is 1.70. The summed E-state index contributed by atoms with van der Waals surface area (Å²) in [7, 11) is 0. The molecular formula is C17H26ClNO2. The van der Waals surface area contributed by atoms with Gasteiger partial charge in [-0.25, -0.2) is 0 Å². The number of para-hydroxylation sites is 1. The first-order valence-electron chi connectivity index (χ1n) is 7.75. The molecule has 0 spiro atoms. The number of benzene rings is 1. The van der Waals surface area contributed by atoms with Gasteiger partial charge in [-0.2, -0.15) is 0 Å². The summed E-state index contributed by atoms with van der Waals surface area (Å²) in [6.45, 7) is 5.45. The van der Waals surface area contributed by atoms with E-state index >= 15 is 0 Å². The van der Waals surface area contributed by atoms with Crippen LogP contribution in [-0.2, 0) is 0 Å². The van der Waals surface area contributed by atoms with Gasteiger partial charge in [0.2, 0.25) is 0 Å². The van der Waals surface area contributed by atoms with E-state index < -0.39 is 6.10 Å². The van der Waals surface area contributed by atoms with Gasteiger partial charge in [0, 0.05) is 12.6 Å². The maximum atomic E-state index is 10.0. The Kier molecular flexibility index (Phi) is 5.91. The summed E-state index contributed by atoms with van der Waals surface area (Å²) < 4.78 is 5.56. The molecule has 118 valence electrons. The Labute approximate surface area is 132 Å². The van der Waals surface area contributed by atoms with Crippen molar-refractivity contribution in [3.63, 3.8) is 0 Å². The smallest absolute Gasteiger partial charge is 0.138 e. The van der Waals surface area contributed by atoms with Crippen molar-refractivity contribution in [2.24, 2.45) is 5.41 Å². The first-order chi connectivity index (χ1) is 9.96. The number of halogens is 1.